The summed E-state index contributed by atoms with van der Waals surface area (Å²) in [6, 6.07) is 0. The van der Waals surface area contributed by atoms with Crippen LogP contribution in [-0.2, 0) is 12.0 Å². The second-order valence-corrected chi connectivity index (χ2v) is 6.09. The highest BCUT2D eigenvalue weighted by molar-refractivity contribution is 7.11. The van der Waals surface area contributed by atoms with E-state index in [9.17, 15) is 0 Å². The first-order chi connectivity index (χ1) is 7.64. The van der Waals surface area contributed by atoms with Gasteiger partial charge in [-0.1, -0.05) is 20.3 Å². The summed E-state index contributed by atoms with van der Waals surface area (Å²) >= 11 is 1.89. The summed E-state index contributed by atoms with van der Waals surface area (Å²) in [5.74, 6) is 0.702. The Kier molecular flexibility index (Phi) is 3.36. The van der Waals surface area contributed by atoms with Crippen LogP contribution in [-0.4, -0.2) is 12.0 Å². The second-order valence-electron chi connectivity index (χ2n) is 4.89. The van der Waals surface area contributed by atoms with Gasteiger partial charge >= 0.3 is 0 Å². The Morgan fingerprint density at radius 2 is 2.31 bits per heavy atom. The van der Waals surface area contributed by atoms with Gasteiger partial charge in [0.1, 0.15) is 5.01 Å². The molecule has 0 amide bonds. The maximum absolute atomic E-state index is 4.86. The highest BCUT2D eigenvalue weighted by atomic mass is 32.1. The van der Waals surface area contributed by atoms with Gasteiger partial charge in [-0.05, 0) is 39.2 Å². The summed E-state index contributed by atoms with van der Waals surface area (Å²) in [7, 11) is 2.09. The molecular weight excluding hydrogens is 216 g/mol. The van der Waals surface area contributed by atoms with Gasteiger partial charge in [0.2, 0.25) is 0 Å². The van der Waals surface area contributed by atoms with E-state index in [-0.39, 0.29) is 5.54 Å². The van der Waals surface area contributed by atoms with Crippen LogP contribution in [0.2, 0.25) is 0 Å². The number of thiazole rings is 1. The predicted octanol–water partition coefficient (Wildman–Crippen LogP) is 3.25. The van der Waals surface area contributed by atoms with Gasteiger partial charge in [-0.25, -0.2) is 4.98 Å². The van der Waals surface area contributed by atoms with E-state index in [2.05, 4.69) is 33.1 Å². The fraction of sp³-hybridized carbons (Fsp3) is 0.769. The lowest BCUT2D eigenvalue weighted by Gasteiger charge is -2.31. The van der Waals surface area contributed by atoms with Crippen molar-refractivity contribution in [1.82, 2.24) is 10.3 Å². The van der Waals surface area contributed by atoms with Crippen molar-refractivity contribution in [2.75, 3.05) is 7.05 Å². The average Bonchev–Trinajstić information content (AvgIpc) is 2.82. The molecule has 1 fully saturated rings. The summed E-state index contributed by atoms with van der Waals surface area (Å²) < 4.78 is 0. The Balaban J connectivity index is 2.40. The molecule has 1 aliphatic rings. The molecule has 1 saturated carbocycles. The van der Waals surface area contributed by atoms with Crippen LogP contribution in [0, 0.1) is 12.8 Å². The van der Waals surface area contributed by atoms with Gasteiger partial charge in [-0.2, -0.15) is 0 Å². The average molecular weight is 238 g/mol. The van der Waals surface area contributed by atoms with E-state index in [1.54, 1.807) is 0 Å². The molecule has 1 aliphatic carbocycles. The molecule has 0 spiro atoms. The van der Waals surface area contributed by atoms with Crippen molar-refractivity contribution in [3.05, 3.63) is 15.6 Å². The maximum atomic E-state index is 4.86. The van der Waals surface area contributed by atoms with Crippen LogP contribution in [0.1, 0.15) is 48.7 Å². The molecule has 0 radical (unpaired) electrons. The van der Waals surface area contributed by atoms with E-state index in [0.29, 0.717) is 5.92 Å². The van der Waals surface area contributed by atoms with Gasteiger partial charge < -0.3 is 5.32 Å². The van der Waals surface area contributed by atoms with Gasteiger partial charge in [0, 0.05) is 4.88 Å². The Hall–Kier alpha value is -0.410. The molecule has 2 rings (SSSR count). The lowest BCUT2D eigenvalue weighted by Crippen LogP contribution is -2.42. The van der Waals surface area contributed by atoms with Crippen LogP contribution < -0.4 is 5.32 Å². The van der Waals surface area contributed by atoms with Crippen LogP contribution in [0.25, 0.3) is 0 Å². The monoisotopic (exact) mass is 238 g/mol. The third kappa shape index (κ3) is 1.70. The lowest BCUT2D eigenvalue weighted by molar-refractivity contribution is 0.282. The second kappa shape index (κ2) is 4.46. The Bertz CT molecular complexity index is 372. The van der Waals surface area contributed by atoms with Crippen molar-refractivity contribution < 1.29 is 0 Å². The Morgan fingerprint density at radius 1 is 1.56 bits per heavy atom. The summed E-state index contributed by atoms with van der Waals surface area (Å²) in [4.78, 5) is 6.25. The minimum absolute atomic E-state index is 0.156. The number of hydrogen-bond donors (Lipinski definition) is 1. The molecular formula is C13H22N2S. The third-order valence-electron chi connectivity index (χ3n) is 4.10. The summed E-state index contributed by atoms with van der Waals surface area (Å²) in [5, 5.41) is 4.87. The first-order valence-corrected chi connectivity index (χ1v) is 7.11. The first-order valence-electron chi connectivity index (χ1n) is 6.29. The van der Waals surface area contributed by atoms with E-state index >= 15 is 0 Å². The van der Waals surface area contributed by atoms with Crippen LogP contribution in [0.5, 0.6) is 0 Å². The van der Waals surface area contributed by atoms with Crippen molar-refractivity contribution >= 4 is 11.3 Å². The predicted molar refractivity (Wildman–Crippen MR) is 70.0 cm³/mol. The number of nitrogens with one attached hydrogen (secondary N) is 1. The zero-order valence-corrected chi connectivity index (χ0v) is 11.6. The highest BCUT2D eigenvalue weighted by Crippen LogP contribution is 2.44. The van der Waals surface area contributed by atoms with Gasteiger partial charge in [0.25, 0.3) is 0 Å². The molecule has 0 bridgehead atoms. The smallest absolute Gasteiger partial charge is 0.114 e. The van der Waals surface area contributed by atoms with Crippen LogP contribution >= 0.6 is 11.3 Å². The molecule has 2 atom stereocenters. The van der Waals surface area contributed by atoms with E-state index in [0.717, 1.165) is 6.42 Å². The van der Waals surface area contributed by atoms with Crippen molar-refractivity contribution in [1.29, 1.82) is 0 Å². The van der Waals surface area contributed by atoms with Gasteiger partial charge in [-0.3, -0.25) is 0 Å². The van der Waals surface area contributed by atoms with Crippen LogP contribution in [0.4, 0.5) is 0 Å². The van der Waals surface area contributed by atoms with Gasteiger partial charge in [0.05, 0.1) is 11.2 Å². The molecule has 1 heterocycles. The molecule has 0 saturated heterocycles. The molecule has 1 N–H and O–H groups in total. The number of aromatic nitrogens is 1. The molecule has 0 aromatic carbocycles. The van der Waals surface area contributed by atoms with Crippen LogP contribution in [0.3, 0.4) is 0 Å². The normalized spacial score (nSPS) is 29.9. The minimum Gasteiger partial charge on any atom is -0.308 e. The molecule has 3 heteroatoms. The van der Waals surface area contributed by atoms with Crippen molar-refractivity contribution in [3.63, 3.8) is 0 Å². The molecule has 2 unspecified atom stereocenters. The maximum Gasteiger partial charge on any atom is 0.114 e. The first kappa shape index (κ1) is 12.1. The molecule has 90 valence electrons. The van der Waals surface area contributed by atoms with Crippen LogP contribution in [0.15, 0.2) is 0 Å². The zero-order valence-electron chi connectivity index (χ0n) is 10.8. The standard InChI is InChI=1S/C13H22N2S/c1-5-11-10(3)16-12(15-11)13(14-4)8-6-7-9(13)2/h9,14H,5-8H2,1-4H3. The van der Waals surface area contributed by atoms with E-state index < -0.39 is 0 Å². The summed E-state index contributed by atoms with van der Waals surface area (Å²) in [5.41, 5.74) is 1.44. The van der Waals surface area contributed by atoms with Crippen molar-refractivity contribution in [2.45, 2.75) is 52.0 Å². The Labute approximate surface area is 102 Å². The molecule has 16 heavy (non-hydrogen) atoms. The SMILES string of the molecule is CCc1nc(C2(NC)CCCC2C)sc1C. The minimum atomic E-state index is 0.156. The van der Waals surface area contributed by atoms with E-state index in [1.165, 1.54) is 34.8 Å². The lowest BCUT2D eigenvalue weighted by atomic mass is 9.89. The largest absolute Gasteiger partial charge is 0.308 e. The van der Waals surface area contributed by atoms with Gasteiger partial charge in [0.15, 0.2) is 0 Å². The fourth-order valence-corrected chi connectivity index (χ4v) is 4.26. The third-order valence-corrected chi connectivity index (χ3v) is 5.30. The fourth-order valence-electron chi connectivity index (χ4n) is 2.92. The van der Waals surface area contributed by atoms with Crippen molar-refractivity contribution in [2.24, 2.45) is 5.92 Å². The summed E-state index contributed by atoms with van der Waals surface area (Å²) in [6.45, 7) is 6.74. The van der Waals surface area contributed by atoms with Gasteiger partial charge in [-0.15, -0.1) is 11.3 Å². The molecule has 2 nitrogen and oxygen atoms in total. The molecule has 1 aromatic heterocycles. The zero-order chi connectivity index (χ0) is 11.8. The molecule has 1 aromatic rings. The number of aryl methyl sites for hydroxylation is 2. The van der Waals surface area contributed by atoms with E-state index in [1.807, 2.05) is 11.3 Å². The quantitative estimate of drug-likeness (QED) is 0.874. The number of rotatable bonds is 3. The number of hydrogen-bond acceptors (Lipinski definition) is 3. The van der Waals surface area contributed by atoms with E-state index in [4.69, 9.17) is 4.98 Å². The van der Waals surface area contributed by atoms with Crippen molar-refractivity contribution in [3.8, 4) is 0 Å². The topological polar surface area (TPSA) is 24.9 Å². The number of nitrogens with zero attached hydrogens (tertiary/aromatic N) is 1. The summed E-state index contributed by atoms with van der Waals surface area (Å²) in [6.07, 6.45) is 4.93. The highest BCUT2D eigenvalue weighted by Gasteiger charge is 2.42. The molecule has 0 aliphatic heterocycles. The Morgan fingerprint density at radius 3 is 2.75 bits per heavy atom.